The number of methoxy groups -OCH3 is 2. The number of esters is 1. The Labute approximate surface area is 158 Å². The topological polar surface area (TPSA) is 125 Å². The highest BCUT2D eigenvalue weighted by Gasteiger charge is 2.36. The molecule has 0 aromatic heterocycles. The zero-order valence-electron chi connectivity index (χ0n) is 14.8. The van der Waals surface area contributed by atoms with E-state index in [0.29, 0.717) is 0 Å². The predicted octanol–water partition coefficient (Wildman–Crippen LogP) is 2.02. The zero-order chi connectivity index (χ0) is 20.4. The number of carbonyl (C=O) groups excluding carboxylic acids is 3. The molecule has 0 saturated heterocycles. The molecule has 0 saturated carbocycles. The maximum absolute atomic E-state index is 12.4. The summed E-state index contributed by atoms with van der Waals surface area (Å²) in [4.78, 5) is 48.2. The van der Waals surface area contributed by atoms with Gasteiger partial charge in [0.15, 0.2) is 18.2 Å². The van der Waals surface area contributed by atoms with E-state index in [2.05, 4.69) is 0 Å². The Morgan fingerprint density at radius 2 is 1.57 bits per heavy atom. The molecule has 10 heteroatoms. The highest BCUT2D eigenvalue weighted by molar-refractivity contribution is 6.21. The standard InChI is InChI=1S/C18H14N2O8/c1-26-14-7-12(13(20(24)25)8-15(14)27-2)18(23)28-9-19-16(21)10-5-3-4-6-11(10)17(19)22/h3-8H,9H2,1-2H3. The van der Waals surface area contributed by atoms with Crippen molar-refractivity contribution in [1.82, 2.24) is 4.90 Å². The molecule has 1 heterocycles. The lowest BCUT2D eigenvalue weighted by molar-refractivity contribution is -0.385. The molecule has 2 aromatic carbocycles. The van der Waals surface area contributed by atoms with Crippen LogP contribution in [0.3, 0.4) is 0 Å². The lowest BCUT2D eigenvalue weighted by atomic mass is 10.1. The van der Waals surface area contributed by atoms with E-state index in [9.17, 15) is 24.5 Å². The average molecular weight is 386 g/mol. The highest BCUT2D eigenvalue weighted by atomic mass is 16.6. The molecule has 0 radical (unpaired) electrons. The molecule has 10 nitrogen and oxygen atoms in total. The fourth-order valence-electron chi connectivity index (χ4n) is 2.74. The van der Waals surface area contributed by atoms with Gasteiger partial charge in [-0.3, -0.25) is 19.7 Å². The molecule has 28 heavy (non-hydrogen) atoms. The molecular weight excluding hydrogens is 372 g/mol. The Morgan fingerprint density at radius 1 is 1.04 bits per heavy atom. The van der Waals surface area contributed by atoms with Gasteiger partial charge in [-0.15, -0.1) is 0 Å². The summed E-state index contributed by atoms with van der Waals surface area (Å²) in [6.45, 7) is -0.684. The Morgan fingerprint density at radius 3 is 2.07 bits per heavy atom. The number of hydrogen-bond acceptors (Lipinski definition) is 8. The summed E-state index contributed by atoms with van der Waals surface area (Å²) in [5.41, 5.74) is -0.578. The van der Waals surface area contributed by atoms with Gasteiger partial charge in [-0.25, -0.2) is 9.69 Å². The van der Waals surface area contributed by atoms with Crippen LogP contribution in [-0.2, 0) is 4.74 Å². The predicted molar refractivity (Wildman–Crippen MR) is 93.4 cm³/mol. The molecule has 0 aliphatic carbocycles. The maximum Gasteiger partial charge on any atom is 0.347 e. The molecule has 2 amide bonds. The molecular formula is C18H14N2O8. The van der Waals surface area contributed by atoms with Crippen molar-refractivity contribution in [3.05, 3.63) is 63.2 Å². The molecule has 2 aromatic rings. The third-order valence-corrected chi connectivity index (χ3v) is 4.12. The summed E-state index contributed by atoms with van der Waals surface area (Å²) in [6.07, 6.45) is 0. The first-order chi connectivity index (χ1) is 13.4. The lowest BCUT2D eigenvalue weighted by Gasteiger charge is -2.14. The second kappa shape index (κ2) is 7.35. The first-order valence-corrected chi connectivity index (χ1v) is 7.91. The Bertz CT molecular complexity index is 966. The van der Waals surface area contributed by atoms with Crippen molar-refractivity contribution in [1.29, 1.82) is 0 Å². The number of carbonyl (C=O) groups is 3. The van der Waals surface area contributed by atoms with Crippen LogP contribution >= 0.6 is 0 Å². The Hall–Kier alpha value is -3.95. The first kappa shape index (κ1) is 18.8. The quantitative estimate of drug-likeness (QED) is 0.319. The lowest BCUT2D eigenvalue weighted by Crippen LogP contribution is -2.33. The minimum atomic E-state index is -1.09. The third-order valence-electron chi connectivity index (χ3n) is 4.12. The van der Waals surface area contributed by atoms with Crippen LogP contribution in [0.4, 0.5) is 5.69 Å². The molecule has 0 N–H and O–H groups in total. The number of fused-ring (bicyclic) bond motifs is 1. The van der Waals surface area contributed by atoms with Crippen LogP contribution in [0.1, 0.15) is 31.1 Å². The number of nitrogens with zero attached hydrogens (tertiary/aromatic N) is 2. The number of imide groups is 1. The maximum atomic E-state index is 12.4. The van der Waals surface area contributed by atoms with Gasteiger partial charge in [0.2, 0.25) is 0 Å². The van der Waals surface area contributed by atoms with Crippen LogP contribution < -0.4 is 9.47 Å². The fraction of sp³-hybridized carbons (Fsp3) is 0.167. The molecule has 0 spiro atoms. The number of hydrogen-bond donors (Lipinski definition) is 0. The van der Waals surface area contributed by atoms with Crippen LogP contribution in [0, 0.1) is 10.1 Å². The van der Waals surface area contributed by atoms with Crippen LogP contribution in [-0.4, -0.2) is 48.6 Å². The molecule has 0 atom stereocenters. The molecule has 0 bridgehead atoms. The fourth-order valence-corrected chi connectivity index (χ4v) is 2.74. The summed E-state index contributed by atoms with van der Waals surface area (Å²) in [5, 5.41) is 11.3. The van der Waals surface area contributed by atoms with Crippen molar-refractivity contribution in [2.45, 2.75) is 0 Å². The second-order valence-corrected chi connectivity index (χ2v) is 5.63. The van der Waals surface area contributed by atoms with Crippen LogP contribution in [0.2, 0.25) is 0 Å². The average Bonchev–Trinajstić information content (AvgIpc) is 2.95. The number of nitro groups is 1. The number of nitro benzene ring substituents is 1. The van der Waals surface area contributed by atoms with Crippen LogP contribution in [0.25, 0.3) is 0 Å². The van der Waals surface area contributed by atoms with Crippen molar-refractivity contribution in [2.75, 3.05) is 21.0 Å². The van der Waals surface area contributed by atoms with Crippen molar-refractivity contribution in [3.8, 4) is 11.5 Å². The van der Waals surface area contributed by atoms with Crippen LogP contribution in [0.15, 0.2) is 36.4 Å². The Kier molecular flexibility index (Phi) is 4.94. The third kappa shape index (κ3) is 3.11. The van der Waals surface area contributed by atoms with Crippen molar-refractivity contribution in [3.63, 3.8) is 0 Å². The highest BCUT2D eigenvalue weighted by Crippen LogP contribution is 2.35. The molecule has 3 rings (SSSR count). The molecule has 0 unspecified atom stereocenters. The number of amides is 2. The minimum absolute atomic E-state index is 0.0612. The van der Waals surface area contributed by atoms with E-state index >= 15 is 0 Å². The van der Waals surface area contributed by atoms with E-state index in [4.69, 9.17) is 14.2 Å². The van der Waals surface area contributed by atoms with Gasteiger partial charge >= 0.3 is 5.97 Å². The summed E-state index contributed by atoms with van der Waals surface area (Å²) in [7, 11) is 2.60. The number of ether oxygens (including phenoxy) is 3. The molecule has 144 valence electrons. The Balaban J connectivity index is 1.83. The van der Waals surface area contributed by atoms with Gasteiger partial charge in [0.1, 0.15) is 5.56 Å². The summed E-state index contributed by atoms with van der Waals surface area (Å²) in [6, 6.07) is 8.30. The number of rotatable bonds is 6. The summed E-state index contributed by atoms with van der Waals surface area (Å²) < 4.78 is 15.0. The smallest absolute Gasteiger partial charge is 0.347 e. The van der Waals surface area contributed by atoms with Gasteiger partial charge in [-0.1, -0.05) is 12.1 Å². The summed E-state index contributed by atoms with van der Waals surface area (Å²) in [5.74, 6) is -2.18. The van der Waals surface area contributed by atoms with Gasteiger partial charge in [-0.05, 0) is 12.1 Å². The number of benzene rings is 2. The normalized spacial score (nSPS) is 12.6. The van der Waals surface area contributed by atoms with E-state index < -0.39 is 40.7 Å². The van der Waals surface area contributed by atoms with E-state index in [1.165, 1.54) is 26.4 Å². The molecule has 1 aliphatic rings. The monoisotopic (exact) mass is 386 g/mol. The zero-order valence-corrected chi connectivity index (χ0v) is 14.8. The van der Waals surface area contributed by atoms with Gasteiger partial charge in [0.05, 0.1) is 36.3 Å². The minimum Gasteiger partial charge on any atom is -0.493 e. The van der Waals surface area contributed by atoms with Crippen molar-refractivity contribution >= 4 is 23.5 Å². The molecule has 1 aliphatic heterocycles. The van der Waals surface area contributed by atoms with Crippen LogP contribution in [0.5, 0.6) is 11.5 Å². The van der Waals surface area contributed by atoms with Gasteiger partial charge in [-0.2, -0.15) is 0 Å². The first-order valence-electron chi connectivity index (χ1n) is 7.91. The van der Waals surface area contributed by atoms with Gasteiger partial charge < -0.3 is 14.2 Å². The molecule has 0 fully saturated rings. The largest absolute Gasteiger partial charge is 0.493 e. The van der Waals surface area contributed by atoms with E-state index in [-0.39, 0.29) is 22.6 Å². The van der Waals surface area contributed by atoms with E-state index in [1.807, 2.05) is 0 Å². The van der Waals surface area contributed by atoms with E-state index in [1.54, 1.807) is 12.1 Å². The second-order valence-electron chi connectivity index (χ2n) is 5.63. The van der Waals surface area contributed by atoms with Gasteiger partial charge in [0.25, 0.3) is 17.5 Å². The van der Waals surface area contributed by atoms with E-state index in [0.717, 1.165) is 17.0 Å². The van der Waals surface area contributed by atoms with Crippen molar-refractivity contribution in [2.24, 2.45) is 0 Å². The van der Waals surface area contributed by atoms with Gasteiger partial charge in [0, 0.05) is 6.07 Å². The summed E-state index contributed by atoms with van der Waals surface area (Å²) >= 11 is 0. The SMILES string of the molecule is COc1cc(C(=O)OCN2C(=O)c3ccccc3C2=O)c([N+](=O)[O-])cc1OC. The van der Waals surface area contributed by atoms with Crippen molar-refractivity contribution < 1.29 is 33.5 Å².